The maximum Gasteiger partial charge on any atom is 0.0301 e. The molecule has 2 fully saturated rings. The summed E-state index contributed by atoms with van der Waals surface area (Å²) < 4.78 is 0. The standard InChI is InChI=1S/C13H27N3/c1-3-13(2,11-14)16-9-6-12(10-16)15-7-4-5-8-15/h12H,3-11,14H2,1-2H3. The molecule has 3 heteroatoms. The van der Waals surface area contributed by atoms with Gasteiger partial charge in [0.1, 0.15) is 0 Å². The Morgan fingerprint density at radius 3 is 2.50 bits per heavy atom. The molecular formula is C13H27N3. The zero-order valence-corrected chi connectivity index (χ0v) is 10.9. The van der Waals surface area contributed by atoms with Crippen LogP contribution in [0.5, 0.6) is 0 Å². The van der Waals surface area contributed by atoms with E-state index >= 15 is 0 Å². The van der Waals surface area contributed by atoms with E-state index in [1.807, 2.05) is 0 Å². The Morgan fingerprint density at radius 2 is 1.94 bits per heavy atom. The first-order valence-electron chi connectivity index (χ1n) is 6.89. The molecule has 0 amide bonds. The maximum absolute atomic E-state index is 5.94. The number of likely N-dealkylation sites (tertiary alicyclic amines) is 2. The third kappa shape index (κ3) is 2.27. The fourth-order valence-corrected chi connectivity index (χ4v) is 3.13. The van der Waals surface area contributed by atoms with Gasteiger partial charge in [-0.05, 0) is 45.7 Å². The Hall–Kier alpha value is -0.120. The van der Waals surface area contributed by atoms with Crippen molar-refractivity contribution in [3.63, 3.8) is 0 Å². The normalized spacial score (nSPS) is 32.1. The highest BCUT2D eigenvalue weighted by Gasteiger charge is 2.37. The van der Waals surface area contributed by atoms with Crippen LogP contribution in [-0.2, 0) is 0 Å². The Labute approximate surface area is 100.0 Å². The van der Waals surface area contributed by atoms with Crippen molar-refractivity contribution < 1.29 is 0 Å². The molecule has 16 heavy (non-hydrogen) atoms. The lowest BCUT2D eigenvalue weighted by Crippen LogP contribution is -2.51. The summed E-state index contributed by atoms with van der Waals surface area (Å²) >= 11 is 0. The molecule has 2 rings (SSSR count). The summed E-state index contributed by atoms with van der Waals surface area (Å²) in [6, 6.07) is 0.805. The molecule has 2 aliphatic rings. The van der Waals surface area contributed by atoms with Gasteiger partial charge in [-0.1, -0.05) is 6.92 Å². The molecule has 0 spiro atoms. The second-order valence-electron chi connectivity index (χ2n) is 5.69. The topological polar surface area (TPSA) is 32.5 Å². The molecule has 0 radical (unpaired) electrons. The van der Waals surface area contributed by atoms with E-state index in [1.54, 1.807) is 0 Å². The lowest BCUT2D eigenvalue weighted by atomic mass is 9.97. The molecule has 0 bridgehead atoms. The van der Waals surface area contributed by atoms with E-state index in [2.05, 4.69) is 23.6 Å². The molecule has 2 saturated heterocycles. The molecule has 2 N–H and O–H groups in total. The van der Waals surface area contributed by atoms with Gasteiger partial charge in [0.25, 0.3) is 0 Å². The van der Waals surface area contributed by atoms with E-state index in [9.17, 15) is 0 Å². The Balaban J connectivity index is 1.91. The minimum absolute atomic E-state index is 0.231. The highest BCUT2D eigenvalue weighted by Crippen LogP contribution is 2.27. The van der Waals surface area contributed by atoms with Crippen LogP contribution in [0.3, 0.4) is 0 Å². The van der Waals surface area contributed by atoms with Gasteiger partial charge in [0.05, 0.1) is 0 Å². The van der Waals surface area contributed by atoms with Crippen LogP contribution >= 0.6 is 0 Å². The summed E-state index contributed by atoms with van der Waals surface area (Å²) in [7, 11) is 0. The van der Waals surface area contributed by atoms with E-state index in [4.69, 9.17) is 5.73 Å². The van der Waals surface area contributed by atoms with Crippen molar-refractivity contribution in [3.05, 3.63) is 0 Å². The SMILES string of the molecule is CCC(C)(CN)N1CCC(N2CCCC2)C1. The minimum atomic E-state index is 0.231. The fourth-order valence-electron chi connectivity index (χ4n) is 3.13. The van der Waals surface area contributed by atoms with Crippen molar-refractivity contribution in [1.82, 2.24) is 9.80 Å². The summed E-state index contributed by atoms with van der Waals surface area (Å²) in [6.45, 7) is 10.5. The average Bonchev–Trinajstić information content (AvgIpc) is 2.97. The van der Waals surface area contributed by atoms with Crippen LogP contribution in [0.4, 0.5) is 0 Å². The van der Waals surface area contributed by atoms with Gasteiger partial charge in [-0.2, -0.15) is 0 Å². The first-order valence-corrected chi connectivity index (χ1v) is 6.89. The van der Waals surface area contributed by atoms with Crippen LogP contribution in [0.2, 0.25) is 0 Å². The zero-order valence-electron chi connectivity index (χ0n) is 10.9. The van der Waals surface area contributed by atoms with Gasteiger partial charge in [-0.25, -0.2) is 0 Å². The smallest absolute Gasteiger partial charge is 0.0301 e. The summed E-state index contributed by atoms with van der Waals surface area (Å²) in [5, 5.41) is 0. The average molecular weight is 225 g/mol. The molecule has 0 saturated carbocycles. The molecule has 3 nitrogen and oxygen atoms in total. The summed E-state index contributed by atoms with van der Waals surface area (Å²) in [5.41, 5.74) is 6.17. The van der Waals surface area contributed by atoms with Crippen molar-refractivity contribution in [3.8, 4) is 0 Å². The predicted octanol–water partition coefficient (Wildman–Crippen LogP) is 1.28. The Kier molecular flexibility index (Phi) is 3.88. The van der Waals surface area contributed by atoms with Crippen molar-refractivity contribution >= 4 is 0 Å². The van der Waals surface area contributed by atoms with Gasteiger partial charge in [0.2, 0.25) is 0 Å². The number of nitrogens with zero attached hydrogens (tertiary/aromatic N) is 2. The van der Waals surface area contributed by atoms with Crippen molar-refractivity contribution in [1.29, 1.82) is 0 Å². The molecule has 0 aromatic rings. The lowest BCUT2D eigenvalue weighted by Gasteiger charge is -2.37. The third-order valence-electron chi connectivity index (χ3n) is 4.79. The van der Waals surface area contributed by atoms with Crippen LogP contribution in [0, 0.1) is 0 Å². The van der Waals surface area contributed by atoms with Crippen LogP contribution in [0.25, 0.3) is 0 Å². The van der Waals surface area contributed by atoms with Crippen molar-refractivity contribution in [2.45, 2.75) is 51.1 Å². The Bertz CT molecular complexity index is 219. The van der Waals surface area contributed by atoms with Crippen LogP contribution in [0.1, 0.15) is 39.5 Å². The second kappa shape index (κ2) is 5.03. The van der Waals surface area contributed by atoms with E-state index < -0.39 is 0 Å². The molecular weight excluding hydrogens is 198 g/mol. The van der Waals surface area contributed by atoms with E-state index in [1.165, 1.54) is 45.4 Å². The van der Waals surface area contributed by atoms with Gasteiger partial charge in [-0.15, -0.1) is 0 Å². The Morgan fingerprint density at radius 1 is 1.25 bits per heavy atom. The van der Waals surface area contributed by atoms with Crippen molar-refractivity contribution in [2.75, 3.05) is 32.7 Å². The largest absolute Gasteiger partial charge is 0.329 e. The minimum Gasteiger partial charge on any atom is -0.329 e. The first-order chi connectivity index (χ1) is 7.69. The first kappa shape index (κ1) is 12.3. The van der Waals surface area contributed by atoms with Gasteiger partial charge in [-0.3, -0.25) is 9.80 Å². The van der Waals surface area contributed by atoms with Crippen LogP contribution < -0.4 is 5.73 Å². The number of hydrogen-bond acceptors (Lipinski definition) is 3. The summed E-state index contributed by atoms with van der Waals surface area (Å²) in [6.07, 6.45) is 5.31. The summed E-state index contributed by atoms with van der Waals surface area (Å²) in [5.74, 6) is 0. The number of rotatable bonds is 4. The maximum atomic E-state index is 5.94. The molecule has 0 aliphatic carbocycles. The molecule has 0 aromatic carbocycles. The molecule has 2 aliphatic heterocycles. The third-order valence-corrected chi connectivity index (χ3v) is 4.79. The molecule has 0 aromatic heterocycles. The summed E-state index contributed by atoms with van der Waals surface area (Å²) in [4.78, 5) is 5.31. The number of hydrogen-bond donors (Lipinski definition) is 1. The van der Waals surface area contributed by atoms with Crippen molar-refractivity contribution in [2.24, 2.45) is 5.73 Å². The predicted molar refractivity (Wildman–Crippen MR) is 68.5 cm³/mol. The van der Waals surface area contributed by atoms with E-state index in [0.29, 0.717) is 0 Å². The van der Waals surface area contributed by atoms with Gasteiger partial charge >= 0.3 is 0 Å². The molecule has 2 atom stereocenters. The highest BCUT2D eigenvalue weighted by molar-refractivity contribution is 4.94. The monoisotopic (exact) mass is 225 g/mol. The van der Waals surface area contributed by atoms with Crippen LogP contribution in [0.15, 0.2) is 0 Å². The zero-order chi connectivity index (χ0) is 11.6. The van der Waals surface area contributed by atoms with E-state index in [0.717, 1.165) is 19.0 Å². The molecule has 2 unspecified atom stereocenters. The van der Waals surface area contributed by atoms with Gasteiger partial charge in [0.15, 0.2) is 0 Å². The molecule has 2 heterocycles. The van der Waals surface area contributed by atoms with Crippen LogP contribution in [-0.4, -0.2) is 54.1 Å². The van der Waals surface area contributed by atoms with Gasteiger partial charge < -0.3 is 5.73 Å². The quantitative estimate of drug-likeness (QED) is 0.782. The van der Waals surface area contributed by atoms with E-state index in [-0.39, 0.29) is 5.54 Å². The highest BCUT2D eigenvalue weighted by atomic mass is 15.3. The fraction of sp³-hybridized carbons (Fsp3) is 1.00. The number of nitrogens with two attached hydrogens (primary N) is 1. The van der Waals surface area contributed by atoms with Gasteiger partial charge in [0, 0.05) is 31.2 Å². The second-order valence-corrected chi connectivity index (χ2v) is 5.69. The lowest BCUT2D eigenvalue weighted by molar-refractivity contribution is 0.123. The molecule has 94 valence electrons.